The molecule has 0 amide bonds. The molecule has 16 heavy (non-hydrogen) atoms. The van der Waals surface area contributed by atoms with Gasteiger partial charge in [-0.3, -0.25) is 0 Å². The quantitative estimate of drug-likeness (QED) is 0.686. The Morgan fingerprint density at radius 3 is 2.62 bits per heavy atom. The lowest BCUT2D eigenvalue weighted by Gasteiger charge is -2.09. The van der Waals surface area contributed by atoms with Crippen LogP contribution in [0.25, 0.3) is 0 Å². The largest absolute Gasteiger partial charge is 0.323 e. The Bertz CT molecular complexity index is 261. The first-order valence-corrected chi connectivity index (χ1v) is 6.36. The van der Waals surface area contributed by atoms with Crippen LogP contribution in [-0.2, 0) is 0 Å². The fourth-order valence-corrected chi connectivity index (χ4v) is 1.81. The summed E-state index contributed by atoms with van der Waals surface area (Å²) in [5.41, 5.74) is 7.01. The molecular formula is C13H23N3. The van der Waals surface area contributed by atoms with Gasteiger partial charge in [-0.1, -0.05) is 45.4 Å². The van der Waals surface area contributed by atoms with Gasteiger partial charge in [0.15, 0.2) is 0 Å². The van der Waals surface area contributed by atoms with Crippen molar-refractivity contribution in [3.63, 3.8) is 0 Å². The zero-order valence-corrected chi connectivity index (χ0v) is 10.2. The van der Waals surface area contributed by atoms with Gasteiger partial charge in [0.05, 0.1) is 5.69 Å². The molecule has 0 saturated carbocycles. The van der Waals surface area contributed by atoms with Crippen LogP contribution in [0, 0.1) is 0 Å². The Labute approximate surface area is 98.5 Å². The number of hydrogen-bond donors (Lipinski definition) is 1. The molecule has 1 atom stereocenters. The average Bonchev–Trinajstić information content (AvgIpc) is 2.34. The van der Waals surface area contributed by atoms with Crippen molar-refractivity contribution in [2.75, 3.05) is 0 Å². The van der Waals surface area contributed by atoms with Gasteiger partial charge in [-0.25, -0.2) is 9.97 Å². The highest BCUT2D eigenvalue weighted by Crippen LogP contribution is 2.15. The molecule has 0 radical (unpaired) electrons. The summed E-state index contributed by atoms with van der Waals surface area (Å²) in [5.74, 6) is 0. The van der Waals surface area contributed by atoms with Gasteiger partial charge in [0.1, 0.15) is 6.33 Å². The van der Waals surface area contributed by atoms with Gasteiger partial charge >= 0.3 is 0 Å². The number of unbranched alkanes of at least 4 members (excludes halogenated alkanes) is 5. The highest BCUT2D eigenvalue weighted by atomic mass is 14.8. The maximum atomic E-state index is 6.05. The average molecular weight is 221 g/mol. The number of hydrogen-bond acceptors (Lipinski definition) is 3. The molecule has 0 fully saturated rings. The molecule has 1 aromatic heterocycles. The van der Waals surface area contributed by atoms with Crippen LogP contribution in [0.15, 0.2) is 18.6 Å². The maximum Gasteiger partial charge on any atom is 0.115 e. The summed E-state index contributed by atoms with van der Waals surface area (Å²) >= 11 is 0. The molecular weight excluding hydrogens is 198 g/mol. The van der Waals surface area contributed by atoms with E-state index in [9.17, 15) is 0 Å². The fourth-order valence-electron chi connectivity index (χ4n) is 1.81. The Morgan fingerprint density at radius 2 is 1.94 bits per heavy atom. The SMILES string of the molecule is CCCCCCCCC(N)c1ccncn1. The molecule has 3 nitrogen and oxygen atoms in total. The predicted molar refractivity (Wildman–Crippen MR) is 67.0 cm³/mol. The zero-order valence-electron chi connectivity index (χ0n) is 10.2. The summed E-state index contributed by atoms with van der Waals surface area (Å²) in [4.78, 5) is 8.06. The van der Waals surface area contributed by atoms with Crippen LogP contribution in [0.1, 0.15) is 63.6 Å². The number of aromatic nitrogens is 2. The molecule has 1 unspecified atom stereocenters. The minimum absolute atomic E-state index is 0.0779. The van der Waals surface area contributed by atoms with E-state index in [4.69, 9.17) is 5.73 Å². The van der Waals surface area contributed by atoms with Gasteiger partial charge in [0.25, 0.3) is 0 Å². The fraction of sp³-hybridized carbons (Fsp3) is 0.692. The van der Waals surface area contributed by atoms with Crippen molar-refractivity contribution in [3.05, 3.63) is 24.3 Å². The molecule has 90 valence electrons. The standard InChI is InChI=1S/C13H23N3/c1-2-3-4-5-6-7-8-12(14)13-9-10-15-11-16-13/h9-12H,2-8,14H2,1H3. The van der Waals surface area contributed by atoms with E-state index in [2.05, 4.69) is 16.9 Å². The van der Waals surface area contributed by atoms with E-state index in [0.29, 0.717) is 0 Å². The molecule has 0 aliphatic heterocycles. The van der Waals surface area contributed by atoms with Gasteiger partial charge in [0, 0.05) is 12.2 Å². The summed E-state index contributed by atoms with van der Waals surface area (Å²) in [6.45, 7) is 2.24. The summed E-state index contributed by atoms with van der Waals surface area (Å²) < 4.78 is 0. The van der Waals surface area contributed by atoms with E-state index in [1.165, 1.54) is 38.5 Å². The van der Waals surface area contributed by atoms with Gasteiger partial charge in [-0.05, 0) is 12.5 Å². The van der Waals surface area contributed by atoms with Crippen molar-refractivity contribution in [2.24, 2.45) is 5.73 Å². The van der Waals surface area contributed by atoms with Crippen molar-refractivity contribution >= 4 is 0 Å². The normalized spacial score (nSPS) is 12.6. The van der Waals surface area contributed by atoms with Gasteiger partial charge < -0.3 is 5.73 Å². The lowest BCUT2D eigenvalue weighted by molar-refractivity contribution is 0.540. The van der Waals surface area contributed by atoms with Crippen molar-refractivity contribution in [2.45, 2.75) is 57.9 Å². The molecule has 3 heteroatoms. The Balaban J connectivity index is 2.09. The molecule has 0 aliphatic rings. The molecule has 2 N–H and O–H groups in total. The third-order valence-electron chi connectivity index (χ3n) is 2.85. The molecule has 1 heterocycles. The van der Waals surface area contributed by atoms with E-state index in [1.54, 1.807) is 12.5 Å². The molecule has 0 saturated heterocycles. The van der Waals surface area contributed by atoms with Crippen LogP contribution >= 0.6 is 0 Å². The Kier molecular flexibility index (Phi) is 6.74. The topological polar surface area (TPSA) is 51.8 Å². The molecule has 0 spiro atoms. The highest BCUT2D eigenvalue weighted by Gasteiger charge is 2.05. The van der Waals surface area contributed by atoms with Gasteiger partial charge in [-0.15, -0.1) is 0 Å². The molecule has 1 aromatic rings. The minimum atomic E-state index is 0.0779. The second-order valence-corrected chi connectivity index (χ2v) is 4.30. The first kappa shape index (κ1) is 13.1. The monoisotopic (exact) mass is 221 g/mol. The number of nitrogens with two attached hydrogens (primary N) is 1. The first-order chi connectivity index (χ1) is 7.84. The number of nitrogens with zero attached hydrogens (tertiary/aromatic N) is 2. The smallest absolute Gasteiger partial charge is 0.115 e. The Morgan fingerprint density at radius 1 is 1.19 bits per heavy atom. The summed E-state index contributed by atoms with van der Waals surface area (Å²) in [6, 6.07) is 1.98. The molecule has 0 bridgehead atoms. The Hall–Kier alpha value is -0.960. The number of rotatable bonds is 8. The van der Waals surface area contributed by atoms with Crippen molar-refractivity contribution in [3.8, 4) is 0 Å². The van der Waals surface area contributed by atoms with E-state index in [1.807, 2.05) is 6.07 Å². The first-order valence-electron chi connectivity index (χ1n) is 6.36. The lowest BCUT2D eigenvalue weighted by atomic mass is 10.0. The molecule has 1 rings (SSSR count). The predicted octanol–water partition coefficient (Wildman–Crippen LogP) is 3.23. The third kappa shape index (κ3) is 5.21. The van der Waals surface area contributed by atoms with E-state index < -0.39 is 0 Å². The van der Waals surface area contributed by atoms with Crippen molar-refractivity contribution in [1.29, 1.82) is 0 Å². The third-order valence-corrected chi connectivity index (χ3v) is 2.85. The van der Waals surface area contributed by atoms with Crippen LogP contribution in [-0.4, -0.2) is 9.97 Å². The molecule has 0 aliphatic carbocycles. The summed E-state index contributed by atoms with van der Waals surface area (Å²) in [7, 11) is 0. The second kappa shape index (κ2) is 8.22. The van der Waals surface area contributed by atoms with Crippen LogP contribution in [0.2, 0.25) is 0 Å². The van der Waals surface area contributed by atoms with Crippen LogP contribution < -0.4 is 5.73 Å². The lowest BCUT2D eigenvalue weighted by Crippen LogP contribution is -2.11. The van der Waals surface area contributed by atoms with Crippen LogP contribution in [0.5, 0.6) is 0 Å². The summed E-state index contributed by atoms with van der Waals surface area (Å²) in [6.07, 6.45) is 12.2. The van der Waals surface area contributed by atoms with E-state index in [0.717, 1.165) is 12.1 Å². The van der Waals surface area contributed by atoms with Gasteiger partial charge in [-0.2, -0.15) is 0 Å². The maximum absolute atomic E-state index is 6.05. The highest BCUT2D eigenvalue weighted by molar-refractivity contribution is 5.03. The second-order valence-electron chi connectivity index (χ2n) is 4.30. The van der Waals surface area contributed by atoms with Crippen LogP contribution in [0.3, 0.4) is 0 Å². The van der Waals surface area contributed by atoms with Crippen molar-refractivity contribution in [1.82, 2.24) is 9.97 Å². The van der Waals surface area contributed by atoms with E-state index in [-0.39, 0.29) is 6.04 Å². The minimum Gasteiger partial charge on any atom is -0.323 e. The molecule has 0 aromatic carbocycles. The van der Waals surface area contributed by atoms with Crippen molar-refractivity contribution < 1.29 is 0 Å². The summed E-state index contributed by atoms with van der Waals surface area (Å²) in [5, 5.41) is 0. The van der Waals surface area contributed by atoms with Crippen LogP contribution in [0.4, 0.5) is 0 Å². The zero-order chi connectivity index (χ0) is 11.6. The van der Waals surface area contributed by atoms with Gasteiger partial charge in [0.2, 0.25) is 0 Å². The van der Waals surface area contributed by atoms with E-state index >= 15 is 0 Å².